The van der Waals surface area contributed by atoms with Crippen molar-refractivity contribution in [3.63, 3.8) is 0 Å². The molecule has 1 aromatic carbocycles. The van der Waals surface area contributed by atoms with Gasteiger partial charge in [0.1, 0.15) is 5.82 Å². The normalized spacial score (nSPS) is 12.4. The second kappa shape index (κ2) is 5.85. The maximum absolute atomic E-state index is 12.0. The van der Waals surface area contributed by atoms with Gasteiger partial charge in [-0.05, 0) is 31.2 Å². The molecule has 0 aliphatic heterocycles. The highest BCUT2D eigenvalue weighted by Crippen LogP contribution is 2.09. The minimum absolute atomic E-state index is 0.0861. The van der Waals surface area contributed by atoms with E-state index in [0.717, 1.165) is 5.69 Å². The summed E-state index contributed by atoms with van der Waals surface area (Å²) in [6.45, 7) is 2.51. The lowest BCUT2D eigenvalue weighted by atomic mass is 10.2. The van der Waals surface area contributed by atoms with Gasteiger partial charge in [0, 0.05) is 12.2 Å². The number of nitrogens with one attached hydrogen (secondary N) is 2. The Bertz CT molecular complexity index is 798. The highest BCUT2D eigenvalue weighted by molar-refractivity contribution is 5.77. The van der Waals surface area contributed by atoms with E-state index in [2.05, 4.69) is 20.3 Å². The number of rotatable bonds is 4. The van der Waals surface area contributed by atoms with Gasteiger partial charge in [-0.1, -0.05) is 18.2 Å². The highest BCUT2D eigenvalue weighted by atomic mass is 16.1. The van der Waals surface area contributed by atoms with E-state index in [1.165, 1.54) is 0 Å². The molecule has 0 bridgehead atoms. The van der Waals surface area contributed by atoms with Crippen LogP contribution >= 0.6 is 0 Å². The summed E-state index contributed by atoms with van der Waals surface area (Å²) in [6.07, 6.45) is 1.77. The Balaban J connectivity index is 1.78. The van der Waals surface area contributed by atoms with E-state index >= 15 is 0 Å². The van der Waals surface area contributed by atoms with Crippen LogP contribution in [-0.4, -0.2) is 15.0 Å². The Hall–Kier alpha value is -2.53. The lowest BCUT2D eigenvalue weighted by molar-refractivity contribution is 0.548. The molecule has 3 aromatic rings. The van der Waals surface area contributed by atoms with Crippen molar-refractivity contribution in [1.29, 1.82) is 0 Å². The Morgan fingerprint density at radius 1 is 1.19 bits per heavy atom. The monoisotopic (exact) mass is 280 g/mol. The predicted molar refractivity (Wildman–Crippen MR) is 81.9 cm³/mol. The highest BCUT2D eigenvalue weighted by Gasteiger charge is 2.07. The number of pyridine rings is 1. The molecule has 2 aromatic heterocycles. The summed E-state index contributed by atoms with van der Waals surface area (Å²) in [7, 11) is 0. The molecule has 1 atom stereocenters. The molecular weight excluding hydrogens is 264 g/mol. The fourth-order valence-electron chi connectivity index (χ4n) is 2.21. The van der Waals surface area contributed by atoms with Crippen molar-refractivity contribution in [3.8, 4) is 0 Å². The molecule has 0 aliphatic carbocycles. The molecule has 2 heterocycles. The van der Waals surface area contributed by atoms with Crippen molar-refractivity contribution < 1.29 is 0 Å². The fraction of sp³-hybridized carbons (Fsp3) is 0.188. The van der Waals surface area contributed by atoms with Crippen molar-refractivity contribution >= 4 is 10.9 Å². The molecule has 0 saturated carbocycles. The molecule has 0 saturated heterocycles. The Labute approximate surface area is 122 Å². The van der Waals surface area contributed by atoms with Crippen LogP contribution < -0.4 is 10.9 Å². The second-order valence-electron chi connectivity index (χ2n) is 4.89. The van der Waals surface area contributed by atoms with Crippen LogP contribution in [0.2, 0.25) is 0 Å². The number of nitrogens with zero attached hydrogens (tertiary/aromatic N) is 2. The number of aromatic nitrogens is 3. The third-order valence-corrected chi connectivity index (χ3v) is 3.37. The number of fused-ring (bicyclic) bond motifs is 1. The summed E-state index contributed by atoms with van der Waals surface area (Å²) in [6, 6.07) is 13.2. The van der Waals surface area contributed by atoms with E-state index in [0.29, 0.717) is 23.3 Å². The van der Waals surface area contributed by atoms with Crippen LogP contribution in [0.15, 0.2) is 53.5 Å². The molecule has 0 fully saturated rings. The van der Waals surface area contributed by atoms with Crippen LogP contribution in [0.25, 0.3) is 10.9 Å². The Morgan fingerprint density at radius 2 is 2.00 bits per heavy atom. The molecule has 0 aliphatic rings. The topological polar surface area (TPSA) is 70.7 Å². The zero-order valence-corrected chi connectivity index (χ0v) is 11.7. The lowest BCUT2D eigenvalue weighted by Crippen LogP contribution is -2.22. The van der Waals surface area contributed by atoms with Crippen molar-refractivity contribution in [2.75, 3.05) is 0 Å². The molecule has 5 nitrogen and oxygen atoms in total. The van der Waals surface area contributed by atoms with E-state index in [9.17, 15) is 4.79 Å². The van der Waals surface area contributed by atoms with Crippen LogP contribution in [0, 0.1) is 0 Å². The molecule has 21 heavy (non-hydrogen) atoms. The molecule has 0 spiro atoms. The summed E-state index contributed by atoms with van der Waals surface area (Å²) in [5.41, 5.74) is 1.56. The van der Waals surface area contributed by atoms with E-state index in [1.54, 1.807) is 12.3 Å². The van der Waals surface area contributed by atoms with Crippen molar-refractivity contribution in [2.45, 2.75) is 19.5 Å². The van der Waals surface area contributed by atoms with Crippen LogP contribution in [0.4, 0.5) is 0 Å². The first-order valence-corrected chi connectivity index (χ1v) is 6.86. The summed E-state index contributed by atoms with van der Waals surface area (Å²) in [4.78, 5) is 23.6. The lowest BCUT2D eigenvalue weighted by Gasteiger charge is -2.12. The molecule has 3 rings (SSSR count). The first-order valence-electron chi connectivity index (χ1n) is 6.86. The maximum atomic E-state index is 12.0. The number of hydrogen-bond acceptors (Lipinski definition) is 4. The fourth-order valence-corrected chi connectivity index (χ4v) is 2.21. The largest absolute Gasteiger partial charge is 0.309 e. The van der Waals surface area contributed by atoms with Crippen LogP contribution in [0.3, 0.4) is 0 Å². The van der Waals surface area contributed by atoms with Gasteiger partial charge in [-0.2, -0.15) is 0 Å². The maximum Gasteiger partial charge on any atom is 0.258 e. The molecule has 0 amide bonds. The van der Waals surface area contributed by atoms with Gasteiger partial charge in [-0.3, -0.25) is 9.78 Å². The smallest absolute Gasteiger partial charge is 0.258 e. The van der Waals surface area contributed by atoms with Gasteiger partial charge in [0.15, 0.2) is 0 Å². The van der Waals surface area contributed by atoms with Gasteiger partial charge in [0.05, 0.1) is 23.1 Å². The van der Waals surface area contributed by atoms with Crippen molar-refractivity contribution in [3.05, 3.63) is 70.5 Å². The van der Waals surface area contributed by atoms with Gasteiger partial charge in [-0.25, -0.2) is 4.98 Å². The van der Waals surface area contributed by atoms with Gasteiger partial charge in [0.2, 0.25) is 0 Å². The zero-order valence-electron chi connectivity index (χ0n) is 11.7. The quantitative estimate of drug-likeness (QED) is 0.768. The number of H-pyrrole nitrogens is 1. The molecule has 106 valence electrons. The molecule has 2 N–H and O–H groups in total. The summed E-state index contributed by atoms with van der Waals surface area (Å²) >= 11 is 0. The van der Waals surface area contributed by atoms with Gasteiger partial charge < -0.3 is 10.3 Å². The Morgan fingerprint density at radius 3 is 2.81 bits per heavy atom. The average molecular weight is 280 g/mol. The van der Waals surface area contributed by atoms with Crippen molar-refractivity contribution in [2.24, 2.45) is 0 Å². The number of aromatic amines is 1. The summed E-state index contributed by atoms with van der Waals surface area (Å²) in [5.74, 6) is 0.626. The van der Waals surface area contributed by atoms with E-state index in [-0.39, 0.29) is 11.6 Å². The van der Waals surface area contributed by atoms with Gasteiger partial charge >= 0.3 is 0 Å². The molecule has 0 radical (unpaired) electrons. The van der Waals surface area contributed by atoms with Crippen molar-refractivity contribution in [1.82, 2.24) is 20.3 Å². The first kappa shape index (κ1) is 13.5. The van der Waals surface area contributed by atoms with E-state index in [1.807, 2.05) is 43.3 Å². The third kappa shape index (κ3) is 2.98. The zero-order chi connectivity index (χ0) is 14.7. The Kier molecular flexibility index (Phi) is 3.75. The second-order valence-corrected chi connectivity index (χ2v) is 4.89. The first-order chi connectivity index (χ1) is 10.2. The molecule has 0 unspecified atom stereocenters. The number of benzene rings is 1. The van der Waals surface area contributed by atoms with Gasteiger partial charge in [0.25, 0.3) is 5.56 Å². The summed E-state index contributed by atoms with van der Waals surface area (Å²) in [5, 5.41) is 3.92. The van der Waals surface area contributed by atoms with Crippen LogP contribution in [0.5, 0.6) is 0 Å². The number of hydrogen-bond donors (Lipinski definition) is 2. The third-order valence-electron chi connectivity index (χ3n) is 3.37. The van der Waals surface area contributed by atoms with E-state index in [4.69, 9.17) is 0 Å². The standard InChI is InChI=1S/C16H16N4O/c1-11(13-7-4-5-9-17-13)18-10-15-19-14-8-3-2-6-12(14)16(21)20-15/h2-9,11,18H,10H2,1H3,(H,19,20,21)/t11-/m1/s1. The minimum Gasteiger partial charge on any atom is -0.309 e. The molecule has 5 heteroatoms. The summed E-state index contributed by atoms with van der Waals surface area (Å²) < 4.78 is 0. The predicted octanol–water partition coefficient (Wildman–Crippen LogP) is 2.17. The van der Waals surface area contributed by atoms with E-state index < -0.39 is 0 Å². The average Bonchev–Trinajstić information content (AvgIpc) is 2.53. The van der Waals surface area contributed by atoms with Crippen LogP contribution in [-0.2, 0) is 6.54 Å². The molecular formula is C16H16N4O. The van der Waals surface area contributed by atoms with Gasteiger partial charge in [-0.15, -0.1) is 0 Å². The SMILES string of the molecule is C[C@@H](NCc1nc2ccccc2c(=O)[nH]1)c1ccccn1. The minimum atomic E-state index is -0.108. The number of para-hydroxylation sites is 1. The van der Waals surface area contributed by atoms with Crippen LogP contribution in [0.1, 0.15) is 24.5 Å².